The third kappa shape index (κ3) is 2.12. The second-order valence-corrected chi connectivity index (χ2v) is 6.42. The number of fused-ring (bicyclic) bond motifs is 1. The Labute approximate surface area is 113 Å². The largest absolute Gasteiger partial charge is 0.493 e. The Morgan fingerprint density at radius 1 is 1.29 bits per heavy atom. The highest BCUT2D eigenvalue weighted by molar-refractivity contribution is 9.11. The van der Waals surface area contributed by atoms with Gasteiger partial charge in [0.15, 0.2) is 0 Å². The zero-order valence-electron chi connectivity index (χ0n) is 9.15. The van der Waals surface area contributed by atoms with Crippen molar-refractivity contribution in [2.24, 2.45) is 5.73 Å². The van der Waals surface area contributed by atoms with E-state index in [-0.39, 0.29) is 6.04 Å². The molecule has 2 aromatic rings. The molecule has 1 unspecified atom stereocenters. The summed E-state index contributed by atoms with van der Waals surface area (Å²) in [5, 5.41) is 2.10. The van der Waals surface area contributed by atoms with Crippen LogP contribution < -0.4 is 10.5 Å². The first kappa shape index (κ1) is 11.3. The zero-order chi connectivity index (χ0) is 11.8. The fourth-order valence-corrected chi connectivity index (χ4v) is 3.29. The van der Waals surface area contributed by atoms with E-state index < -0.39 is 0 Å². The summed E-state index contributed by atoms with van der Waals surface area (Å²) in [6.45, 7) is 0.790. The first-order valence-electron chi connectivity index (χ1n) is 5.49. The number of rotatable bonds is 2. The van der Waals surface area contributed by atoms with Gasteiger partial charge in [-0.2, -0.15) is 0 Å². The van der Waals surface area contributed by atoms with Crippen LogP contribution in [0.25, 0.3) is 0 Å². The van der Waals surface area contributed by atoms with Gasteiger partial charge in [0, 0.05) is 6.42 Å². The monoisotopic (exact) mass is 309 g/mol. The van der Waals surface area contributed by atoms with Crippen LogP contribution in [0.2, 0.25) is 0 Å². The summed E-state index contributed by atoms with van der Waals surface area (Å²) in [5.74, 6) is 1.01. The number of thiophene rings is 1. The molecular weight excluding hydrogens is 298 g/mol. The van der Waals surface area contributed by atoms with E-state index in [4.69, 9.17) is 10.5 Å². The predicted molar refractivity (Wildman–Crippen MR) is 73.7 cm³/mol. The van der Waals surface area contributed by atoms with Gasteiger partial charge in [0.25, 0.3) is 0 Å². The standard InChI is InChI=1S/C13H12BrNOS/c14-12-6-10(7-17-12)13(15)9-1-2-11-8(5-9)3-4-16-11/h1-2,5-7,13H,3-4,15H2. The summed E-state index contributed by atoms with van der Waals surface area (Å²) < 4.78 is 6.61. The topological polar surface area (TPSA) is 35.2 Å². The predicted octanol–water partition coefficient (Wildman–Crippen LogP) is 3.49. The van der Waals surface area contributed by atoms with Gasteiger partial charge in [0.05, 0.1) is 16.4 Å². The molecule has 0 bridgehead atoms. The molecule has 0 spiro atoms. The van der Waals surface area contributed by atoms with Crippen LogP contribution in [0.3, 0.4) is 0 Å². The molecule has 0 aliphatic carbocycles. The van der Waals surface area contributed by atoms with E-state index in [0.717, 1.165) is 33.7 Å². The Hall–Kier alpha value is -0.840. The van der Waals surface area contributed by atoms with Crippen LogP contribution in [0.4, 0.5) is 0 Å². The van der Waals surface area contributed by atoms with Gasteiger partial charge >= 0.3 is 0 Å². The lowest BCUT2D eigenvalue weighted by Gasteiger charge is -2.11. The second-order valence-electron chi connectivity index (χ2n) is 4.13. The third-order valence-corrected chi connectivity index (χ3v) is 4.54. The fraction of sp³-hybridized carbons (Fsp3) is 0.231. The highest BCUT2D eigenvalue weighted by Crippen LogP contribution is 2.32. The third-order valence-electron chi connectivity index (χ3n) is 3.02. The molecule has 2 N–H and O–H groups in total. The van der Waals surface area contributed by atoms with Crippen LogP contribution in [-0.4, -0.2) is 6.61 Å². The van der Waals surface area contributed by atoms with Gasteiger partial charge in [-0.15, -0.1) is 11.3 Å². The lowest BCUT2D eigenvalue weighted by Crippen LogP contribution is -2.10. The smallest absolute Gasteiger partial charge is 0.122 e. The van der Waals surface area contributed by atoms with E-state index >= 15 is 0 Å². The van der Waals surface area contributed by atoms with Gasteiger partial charge < -0.3 is 10.5 Å². The van der Waals surface area contributed by atoms with E-state index in [1.807, 2.05) is 6.07 Å². The van der Waals surface area contributed by atoms with Crippen LogP contribution in [0.15, 0.2) is 33.4 Å². The number of hydrogen-bond donors (Lipinski definition) is 1. The van der Waals surface area contributed by atoms with Crippen LogP contribution in [0, 0.1) is 0 Å². The summed E-state index contributed by atoms with van der Waals surface area (Å²) >= 11 is 5.13. The van der Waals surface area contributed by atoms with Crippen LogP contribution in [-0.2, 0) is 6.42 Å². The van der Waals surface area contributed by atoms with Crippen molar-refractivity contribution in [1.29, 1.82) is 0 Å². The van der Waals surface area contributed by atoms with Gasteiger partial charge in [-0.25, -0.2) is 0 Å². The van der Waals surface area contributed by atoms with Crippen LogP contribution >= 0.6 is 27.3 Å². The van der Waals surface area contributed by atoms with Gasteiger partial charge in [-0.05, 0) is 50.1 Å². The molecule has 1 aliphatic rings. The second kappa shape index (κ2) is 4.44. The highest BCUT2D eigenvalue weighted by Gasteiger charge is 2.16. The first-order valence-corrected chi connectivity index (χ1v) is 7.16. The summed E-state index contributed by atoms with van der Waals surface area (Å²) in [6, 6.07) is 8.28. The maximum atomic E-state index is 6.27. The molecule has 88 valence electrons. The van der Waals surface area contributed by atoms with E-state index in [9.17, 15) is 0 Å². The number of hydrogen-bond acceptors (Lipinski definition) is 3. The fourth-order valence-electron chi connectivity index (χ4n) is 2.08. The molecule has 2 nitrogen and oxygen atoms in total. The lowest BCUT2D eigenvalue weighted by molar-refractivity contribution is 0.357. The van der Waals surface area contributed by atoms with Crippen molar-refractivity contribution in [3.05, 3.63) is 50.1 Å². The number of halogens is 1. The van der Waals surface area contributed by atoms with Crippen molar-refractivity contribution in [2.45, 2.75) is 12.5 Å². The van der Waals surface area contributed by atoms with E-state index in [2.05, 4.69) is 39.5 Å². The molecule has 0 saturated heterocycles. The molecule has 1 aliphatic heterocycles. The minimum atomic E-state index is -0.0524. The number of nitrogens with two attached hydrogens (primary N) is 1. The molecule has 0 fully saturated rings. The molecule has 1 aromatic carbocycles. The summed E-state index contributed by atoms with van der Waals surface area (Å²) in [7, 11) is 0. The Balaban J connectivity index is 1.94. The average Bonchev–Trinajstić information content (AvgIpc) is 2.95. The number of ether oxygens (including phenoxy) is 1. The Kier molecular flexibility index (Phi) is 2.94. The highest BCUT2D eigenvalue weighted by atomic mass is 79.9. The minimum absolute atomic E-state index is 0.0524. The van der Waals surface area contributed by atoms with Crippen LogP contribution in [0.5, 0.6) is 5.75 Å². The lowest BCUT2D eigenvalue weighted by atomic mass is 9.99. The van der Waals surface area contributed by atoms with Crippen molar-refractivity contribution in [3.8, 4) is 5.75 Å². The normalized spacial score (nSPS) is 15.4. The van der Waals surface area contributed by atoms with Crippen LogP contribution in [0.1, 0.15) is 22.7 Å². The van der Waals surface area contributed by atoms with Crippen molar-refractivity contribution in [2.75, 3.05) is 6.61 Å². The van der Waals surface area contributed by atoms with Crippen molar-refractivity contribution < 1.29 is 4.74 Å². The molecular formula is C13H12BrNOS. The van der Waals surface area contributed by atoms with Crippen molar-refractivity contribution >= 4 is 27.3 Å². The molecule has 3 rings (SSSR count). The molecule has 1 aromatic heterocycles. The Morgan fingerprint density at radius 2 is 2.18 bits per heavy atom. The van der Waals surface area contributed by atoms with E-state index in [0.29, 0.717) is 0 Å². The average molecular weight is 310 g/mol. The molecule has 0 radical (unpaired) electrons. The first-order chi connectivity index (χ1) is 8.24. The summed E-state index contributed by atoms with van der Waals surface area (Å²) in [4.78, 5) is 0. The quantitative estimate of drug-likeness (QED) is 0.921. The molecule has 0 saturated carbocycles. The van der Waals surface area contributed by atoms with E-state index in [1.54, 1.807) is 11.3 Å². The summed E-state index contributed by atoms with van der Waals surface area (Å²) in [6.07, 6.45) is 0.989. The molecule has 1 atom stereocenters. The molecule has 2 heterocycles. The summed E-state index contributed by atoms with van der Waals surface area (Å²) in [5.41, 5.74) is 9.85. The van der Waals surface area contributed by atoms with E-state index in [1.165, 1.54) is 5.56 Å². The maximum absolute atomic E-state index is 6.27. The Bertz CT molecular complexity index is 552. The van der Waals surface area contributed by atoms with Gasteiger partial charge in [-0.3, -0.25) is 0 Å². The van der Waals surface area contributed by atoms with Gasteiger partial charge in [0.1, 0.15) is 5.75 Å². The molecule has 17 heavy (non-hydrogen) atoms. The maximum Gasteiger partial charge on any atom is 0.122 e. The van der Waals surface area contributed by atoms with Crippen molar-refractivity contribution in [3.63, 3.8) is 0 Å². The molecule has 0 amide bonds. The van der Waals surface area contributed by atoms with Gasteiger partial charge in [0.2, 0.25) is 0 Å². The Morgan fingerprint density at radius 3 is 2.94 bits per heavy atom. The van der Waals surface area contributed by atoms with Gasteiger partial charge in [-0.1, -0.05) is 12.1 Å². The molecule has 4 heteroatoms. The zero-order valence-corrected chi connectivity index (χ0v) is 11.6. The van der Waals surface area contributed by atoms with Crippen molar-refractivity contribution in [1.82, 2.24) is 0 Å². The minimum Gasteiger partial charge on any atom is -0.493 e. The SMILES string of the molecule is NC(c1csc(Br)c1)c1ccc2c(c1)CCO2. The number of benzene rings is 1.